The lowest BCUT2D eigenvalue weighted by Gasteiger charge is -2.09. The van der Waals surface area contributed by atoms with Crippen LogP contribution in [0.2, 0.25) is 0 Å². The second kappa shape index (κ2) is 4.85. The fraction of sp³-hybridized carbons (Fsp3) is 0.333. The molecule has 0 saturated heterocycles. The zero-order valence-corrected chi connectivity index (χ0v) is 8.41. The number of halogens is 4. The van der Waals surface area contributed by atoms with E-state index in [2.05, 4.69) is 0 Å². The quantitative estimate of drug-likeness (QED) is 0.647. The summed E-state index contributed by atoms with van der Waals surface area (Å²) in [6, 6.07) is 4.60. The minimum Gasteiger partial charge on any atom is -0.322 e. The maximum absolute atomic E-state index is 12.1. The van der Waals surface area contributed by atoms with Crippen LogP contribution in [0.4, 0.5) is 17.6 Å². The summed E-state index contributed by atoms with van der Waals surface area (Å²) in [5.41, 5.74) is 1.56. The van der Waals surface area contributed by atoms with Crippen molar-refractivity contribution >= 4 is 11.8 Å². The molecule has 0 aliphatic carbocycles. The molecule has 0 amide bonds. The summed E-state index contributed by atoms with van der Waals surface area (Å²) < 4.78 is 48.0. The van der Waals surface area contributed by atoms with Crippen LogP contribution >= 0.6 is 11.8 Å². The lowest BCUT2D eigenvalue weighted by Crippen LogP contribution is -2.11. The highest BCUT2D eigenvalue weighted by Crippen LogP contribution is 2.36. The first-order valence-corrected chi connectivity index (χ1v) is 4.91. The molecule has 6 heteroatoms. The summed E-state index contributed by atoms with van der Waals surface area (Å²) in [5.74, 6) is 0. The van der Waals surface area contributed by atoms with E-state index in [1.165, 1.54) is 24.3 Å². The van der Waals surface area contributed by atoms with Gasteiger partial charge in [-0.3, -0.25) is 0 Å². The van der Waals surface area contributed by atoms with Crippen molar-refractivity contribution in [3.8, 4) is 0 Å². The Morgan fingerprint density at radius 2 is 1.73 bits per heavy atom. The van der Waals surface area contributed by atoms with Crippen molar-refractivity contribution in [2.75, 3.05) is 6.67 Å². The van der Waals surface area contributed by atoms with Gasteiger partial charge in [0.1, 0.15) is 6.67 Å². The van der Waals surface area contributed by atoms with E-state index in [0.29, 0.717) is 5.56 Å². The van der Waals surface area contributed by atoms with Gasteiger partial charge in [0.2, 0.25) is 0 Å². The maximum atomic E-state index is 12.1. The van der Waals surface area contributed by atoms with E-state index >= 15 is 0 Å². The molecule has 15 heavy (non-hydrogen) atoms. The van der Waals surface area contributed by atoms with Gasteiger partial charge in [-0.15, -0.1) is 0 Å². The predicted octanol–water partition coefficient (Wildman–Crippen LogP) is 3.27. The zero-order valence-electron chi connectivity index (χ0n) is 7.59. The molecule has 0 radical (unpaired) electrons. The summed E-state index contributed by atoms with van der Waals surface area (Å²) in [4.78, 5) is 0.0670. The molecule has 0 aliphatic heterocycles. The molecule has 0 aliphatic rings. The number of hydrogen-bond acceptors (Lipinski definition) is 2. The largest absolute Gasteiger partial charge is 0.446 e. The van der Waals surface area contributed by atoms with E-state index in [1.807, 2.05) is 0 Å². The Balaban J connectivity index is 2.72. The van der Waals surface area contributed by atoms with Crippen LogP contribution in [0.25, 0.3) is 0 Å². The average molecular weight is 239 g/mol. The van der Waals surface area contributed by atoms with Crippen LogP contribution < -0.4 is 5.73 Å². The van der Waals surface area contributed by atoms with Gasteiger partial charge in [0.05, 0.1) is 6.04 Å². The van der Waals surface area contributed by atoms with Crippen LogP contribution in [0.3, 0.4) is 0 Å². The normalized spacial score (nSPS) is 13.9. The van der Waals surface area contributed by atoms with Crippen molar-refractivity contribution in [3.63, 3.8) is 0 Å². The van der Waals surface area contributed by atoms with E-state index in [-0.39, 0.29) is 16.7 Å². The molecule has 1 nitrogen and oxygen atoms in total. The molecule has 0 bridgehead atoms. The Bertz CT molecular complexity index is 309. The van der Waals surface area contributed by atoms with Crippen LogP contribution in [-0.4, -0.2) is 12.2 Å². The Labute approximate surface area is 88.7 Å². The molecule has 0 heterocycles. The van der Waals surface area contributed by atoms with E-state index in [4.69, 9.17) is 5.73 Å². The van der Waals surface area contributed by atoms with Gasteiger partial charge in [-0.25, -0.2) is 4.39 Å². The molecule has 1 atom stereocenters. The SMILES string of the molecule is N[C@H](CF)c1ccc(SC(F)(F)F)cc1. The van der Waals surface area contributed by atoms with Crippen LogP contribution in [0.5, 0.6) is 0 Å². The van der Waals surface area contributed by atoms with Crippen molar-refractivity contribution in [3.05, 3.63) is 29.8 Å². The van der Waals surface area contributed by atoms with Crippen molar-refractivity contribution < 1.29 is 17.6 Å². The number of hydrogen-bond donors (Lipinski definition) is 1. The van der Waals surface area contributed by atoms with Crippen molar-refractivity contribution in [1.29, 1.82) is 0 Å². The molecule has 0 unspecified atom stereocenters. The maximum Gasteiger partial charge on any atom is 0.446 e. The van der Waals surface area contributed by atoms with Gasteiger partial charge in [-0.1, -0.05) is 12.1 Å². The minimum absolute atomic E-state index is 0.0670. The van der Waals surface area contributed by atoms with Crippen LogP contribution in [-0.2, 0) is 0 Å². The van der Waals surface area contributed by atoms with Crippen LogP contribution in [0.1, 0.15) is 11.6 Å². The predicted molar refractivity (Wildman–Crippen MR) is 51.3 cm³/mol. The minimum atomic E-state index is -4.30. The van der Waals surface area contributed by atoms with Crippen LogP contribution in [0.15, 0.2) is 29.2 Å². The number of benzene rings is 1. The first kappa shape index (κ1) is 12.3. The zero-order chi connectivity index (χ0) is 11.5. The summed E-state index contributed by atoms with van der Waals surface area (Å²) in [7, 11) is 0. The first-order chi connectivity index (χ1) is 6.92. The monoisotopic (exact) mass is 239 g/mol. The van der Waals surface area contributed by atoms with Gasteiger partial charge >= 0.3 is 5.51 Å². The molecule has 0 saturated carbocycles. The molecular weight excluding hydrogens is 230 g/mol. The molecule has 1 rings (SSSR count). The van der Waals surface area contributed by atoms with Crippen LogP contribution in [0, 0.1) is 0 Å². The molecule has 0 aromatic heterocycles. The smallest absolute Gasteiger partial charge is 0.322 e. The summed E-state index contributed by atoms with van der Waals surface area (Å²) >= 11 is -0.206. The summed E-state index contributed by atoms with van der Waals surface area (Å²) in [6.45, 7) is -0.730. The Morgan fingerprint density at radius 3 is 2.13 bits per heavy atom. The first-order valence-electron chi connectivity index (χ1n) is 4.09. The second-order valence-electron chi connectivity index (χ2n) is 2.88. The highest BCUT2D eigenvalue weighted by Gasteiger charge is 2.29. The molecule has 0 fully saturated rings. The highest BCUT2D eigenvalue weighted by atomic mass is 32.2. The fourth-order valence-electron chi connectivity index (χ4n) is 1.01. The number of nitrogens with two attached hydrogens (primary N) is 1. The van der Waals surface area contributed by atoms with Gasteiger partial charge < -0.3 is 5.73 Å². The molecule has 2 N–H and O–H groups in total. The second-order valence-corrected chi connectivity index (χ2v) is 4.02. The van der Waals surface area contributed by atoms with E-state index in [1.54, 1.807) is 0 Å². The highest BCUT2D eigenvalue weighted by molar-refractivity contribution is 8.00. The van der Waals surface area contributed by atoms with E-state index < -0.39 is 18.2 Å². The molecule has 0 spiro atoms. The van der Waals surface area contributed by atoms with Gasteiger partial charge in [0.25, 0.3) is 0 Å². The van der Waals surface area contributed by atoms with E-state index in [0.717, 1.165) is 0 Å². The van der Waals surface area contributed by atoms with Crippen molar-refractivity contribution in [2.45, 2.75) is 16.4 Å². The van der Waals surface area contributed by atoms with E-state index in [9.17, 15) is 17.6 Å². The number of alkyl halides is 4. The van der Waals surface area contributed by atoms with Crippen molar-refractivity contribution in [2.24, 2.45) is 5.73 Å². The number of rotatable bonds is 3. The number of thioether (sulfide) groups is 1. The standard InChI is InChI=1S/C9H9F4NS/c10-5-8(14)6-1-3-7(4-2-6)15-9(11,12)13/h1-4,8H,5,14H2/t8-/m1/s1. The third-order valence-corrected chi connectivity index (χ3v) is 2.45. The average Bonchev–Trinajstić information content (AvgIpc) is 2.15. The van der Waals surface area contributed by atoms with Gasteiger partial charge in [0, 0.05) is 4.90 Å². The lowest BCUT2D eigenvalue weighted by molar-refractivity contribution is -0.0328. The third-order valence-electron chi connectivity index (χ3n) is 1.71. The summed E-state index contributed by atoms with van der Waals surface area (Å²) in [5, 5.41) is 0. The lowest BCUT2D eigenvalue weighted by atomic mass is 10.1. The Morgan fingerprint density at radius 1 is 1.20 bits per heavy atom. The Hall–Kier alpha value is -0.750. The fourth-order valence-corrected chi connectivity index (χ4v) is 1.55. The topological polar surface area (TPSA) is 26.0 Å². The van der Waals surface area contributed by atoms with Crippen molar-refractivity contribution in [1.82, 2.24) is 0 Å². The summed E-state index contributed by atoms with van der Waals surface area (Å²) in [6.07, 6.45) is 0. The van der Waals surface area contributed by atoms with Gasteiger partial charge in [-0.2, -0.15) is 13.2 Å². The third kappa shape index (κ3) is 4.09. The molecule has 1 aromatic carbocycles. The van der Waals surface area contributed by atoms with Gasteiger partial charge in [-0.05, 0) is 29.5 Å². The molecule has 1 aromatic rings. The molecule has 84 valence electrons. The Kier molecular flexibility index (Phi) is 3.98. The van der Waals surface area contributed by atoms with Gasteiger partial charge in [0.15, 0.2) is 0 Å². The molecular formula is C9H9F4NS.